The highest BCUT2D eigenvalue weighted by Crippen LogP contribution is 2.16. The lowest BCUT2D eigenvalue weighted by atomic mass is 10.1. The first-order valence-electron chi connectivity index (χ1n) is 4.95. The van der Waals surface area contributed by atoms with Crippen LogP contribution in [-0.2, 0) is 14.3 Å². The van der Waals surface area contributed by atoms with Crippen molar-refractivity contribution in [2.45, 2.75) is 38.2 Å². The van der Waals surface area contributed by atoms with Crippen molar-refractivity contribution < 1.29 is 14.3 Å². The van der Waals surface area contributed by atoms with Crippen LogP contribution in [0.5, 0.6) is 0 Å². The van der Waals surface area contributed by atoms with E-state index in [1.54, 1.807) is 7.11 Å². The highest BCUT2D eigenvalue weighted by Gasteiger charge is 2.18. The zero-order valence-electron chi connectivity index (χ0n) is 8.25. The summed E-state index contributed by atoms with van der Waals surface area (Å²) in [5, 5.41) is 0. The van der Waals surface area contributed by atoms with Crippen LogP contribution in [0.4, 0.5) is 0 Å². The van der Waals surface area contributed by atoms with Crippen molar-refractivity contribution in [2.24, 2.45) is 0 Å². The number of rotatable bonds is 6. The molecule has 13 heavy (non-hydrogen) atoms. The summed E-state index contributed by atoms with van der Waals surface area (Å²) in [6.45, 7) is 1.51. The van der Waals surface area contributed by atoms with Crippen molar-refractivity contribution in [3.8, 4) is 0 Å². The molecule has 76 valence electrons. The molecule has 0 saturated carbocycles. The quantitative estimate of drug-likeness (QED) is 0.590. The Kier molecular flexibility index (Phi) is 5.01. The summed E-state index contributed by atoms with van der Waals surface area (Å²) in [6.07, 6.45) is 4.43. The molecule has 0 aromatic rings. The molecule has 0 aromatic heterocycles. The molecule has 1 atom stereocenters. The summed E-state index contributed by atoms with van der Waals surface area (Å²) >= 11 is 0. The number of ketones is 1. The van der Waals surface area contributed by atoms with E-state index >= 15 is 0 Å². The summed E-state index contributed by atoms with van der Waals surface area (Å²) in [7, 11) is 1.66. The fourth-order valence-electron chi connectivity index (χ4n) is 1.57. The second-order valence-corrected chi connectivity index (χ2v) is 3.47. The first-order valence-corrected chi connectivity index (χ1v) is 4.95. The van der Waals surface area contributed by atoms with Crippen molar-refractivity contribution in [3.63, 3.8) is 0 Å². The van der Waals surface area contributed by atoms with Gasteiger partial charge in [0, 0.05) is 33.2 Å². The standard InChI is InChI=1S/C10H18O3/c1-12-6-2-4-9(11)8-10-5-3-7-13-10/h10H,2-8H2,1H3. The summed E-state index contributed by atoms with van der Waals surface area (Å²) < 4.78 is 10.3. The molecule has 1 saturated heterocycles. The van der Waals surface area contributed by atoms with Gasteiger partial charge in [0.2, 0.25) is 0 Å². The van der Waals surface area contributed by atoms with Crippen LogP contribution in [0.15, 0.2) is 0 Å². The fourth-order valence-corrected chi connectivity index (χ4v) is 1.57. The minimum Gasteiger partial charge on any atom is -0.385 e. The number of carbonyl (C=O) groups excluding carboxylic acids is 1. The predicted molar refractivity (Wildman–Crippen MR) is 49.7 cm³/mol. The summed E-state index contributed by atoms with van der Waals surface area (Å²) in [4.78, 5) is 11.3. The van der Waals surface area contributed by atoms with E-state index in [0.717, 1.165) is 25.9 Å². The van der Waals surface area contributed by atoms with E-state index in [-0.39, 0.29) is 6.10 Å². The Hall–Kier alpha value is -0.410. The van der Waals surface area contributed by atoms with E-state index in [0.29, 0.717) is 25.2 Å². The maximum absolute atomic E-state index is 11.3. The van der Waals surface area contributed by atoms with Crippen LogP contribution in [-0.4, -0.2) is 32.2 Å². The topological polar surface area (TPSA) is 35.5 Å². The van der Waals surface area contributed by atoms with E-state index in [2.05, 4.69) is 0 Å². The van der Waals surface area contributed by atoms with Crippen molar-refractivity contribution in [3.05, 3.63) is 0 Å². The van der Waals surface area contributed by atoms with Gasteiger partial charge >= 0.3 is 0 Å². The molecule has 1 unspecified atom stereocenters. The molecule has 0 bridgehead atoms. The van der Waals surface area contributed by atoms with Crippen LogP contribution in [0.3, 0.4) is 0 Å². The molecule has 1 fully saturated rings. The third kappa shape index (κ3) is 4.39. The molecule has 1 aliphatic rings. The highest BCUT2D eigenvalue weighted by molar-refractivity contribution is 5.78. The van der Waals surface area contributed by atoms with Crippen LogP contribution in [0.2, 0.25) is 0 Å². The summed E-state index contributed by atoms with van der Waals surface area (Å²) in [5.41, 5.74) is 0. The first kappa shape index (κ1) is 10.7. The van der Waals surface area contributed by atoms with Crippen LogP contribution in [0, 0.1) is 0 Å². The summed E-state index contributed by atoms with van der Waals surface area (Å²) in [5.74, 6) is 0.309. The van der Waals surface area contributed by atoms with Gasteiger partial charge < -0.3 is 9.47 Å². The Morgan fingerprint density at radius 2 is 2.46 bits per heavy atom. The number of methoxy groups -OCH3 is 1. The van der Waals surface area contributed by atoms with Gasteiger partial charge in [0.25, 0.3) is 0 Å². The Morgan fingerprint density at radius 1 is 1.62 bits per heavy atom. The van der Waals surface area contributed by atoms with Crippen LogP contribution in [0.1, 0.15) is 32.1 Å². The van der Waals surface area contributed by atoms with Crippen molar-refractivity contribution >= 4 is 5.78 Å². The molecule has 3 nitrogen and oxygen atoms in total. The first-order chi connectivity index (χ1) is 6.33. The van der Waals surface area contributed by atoms with Crippen molar-refractivity contribution in [1.82, 2.24) is 0 Å². The zero-order valence-corrected chi connectivity index (χ0v) is 8.25. The van der Waals surface area contributed by atoms with E-state index in [4.69, 9.17) is 9.47 Å². The number of hydrogen-bond donors (Lipinski definition) is 0. The van der Waals surface area contributed by atoms with Gasteiger partial charge in [-0.2, -0.15) is 0 Å². The lowest BCUT2D eigenvalue weighted by Crippen LogP contribution is -2.12. The van der Waals surface area contributed by atoms with Crippen molar-refractivity contribution in [2.75, 3.05) is 20.3 Å². The fraction of sp³-hybridized carbons (Fsp3) is 0.900. The molecular formula is C10H18O3. The van der Waals surface area contributed by atoms with Gasteiger partial charge in [-0.1, -0.05) is 0 Å². The number of hydrogen-bond acceptors (Lipinski definition) is 3. The normalized spacial score (nSPS) is 22.1. The van der Waals surface area contributed by atoms with E-state index in [1.807, 2.05) is 0 Å². The molecule has 1 heterocycles. The molecule has 0 amide bonds. The van der Waals surface area contributed by atoms with Crippen LogP contribution < -0.4 is 0 Å². The monoisotopic (exact) mass is 186 g/mol. The smallest absolute Gasteiger partial charge is 0.135 e. The Bertz CT molecular complexity index is 150. The molecule has 3 heteroatoms. The maximum Gasteiger partial charge on any atom is 0.135 e. The van der Waals surface area contributed by atoms with Gasteiger partial charge in [0.15, 0.2) is 0 Å². The van der Waals surface area contributed by atoms with Gasteiger partial charge in [-0.25, -0.2) is 0 Å². The molecule has 0 aliphatic carbocycles. The third-order valence-corrected chi connectivity index (χ3v) is 2.28. The number of ether oxygens (including phenoxy) is 2. The van der Waals surface area contributed by atoms with Gasteiger partial charge in [0.1, 0.15) is 5.78 Å². The largest absolute Gasteiger partial charge is 0.385 e. The summed E-state index contributed by atoms with van der Waals surface area (Å²) in [6, 6.07) is 0. The predicted octanol–water partition coefficient (Wildman–Crippen LogP) is 1.55. The lowest BCUT2D eigenvalue weighted by molar-refractivity contribution is -0.121. The minimum atomic E-state index is 0.204. The zero-order chi connectivity index (χ0) is 9.52. The Labute approximate surface area is 79.4 Å². The molecule has 1 rings (SSSR count). The Balaban J connectivity index is 2.02. The molecule has 0 radical (unpaired) electrons. The second kappa shape index (κ2) is 6.11. The Morgan fingerprint density at radius 3 is 3.08 bits per heavy atom. The van der Waals surface area contributed by atoms with Crippen LogP contribution >= 0.6 is 0 Å². The minimum absolute atomic E-state index is 0.204. The SMILES string of the molecule is COCCCC(=O)CC1CCCO1. The molecule has 0 N–H and O–H groups in total. The average molecular weight is 186 g/mol. The van der Waals surface area contributed by atoms with Gasteiger partial charge in [-0.15, -0.1) is 0 Å². The van der Waals surface area contributed by atoms with E-state index < -0.39 is 0 Å². The molecule has 0 aromatic carbocycles. The van der Waals surface area contributed by atoms with E-state index in [9.17, 15) is 4.79 Å². The van der Waals surface area contributed by atoms with Gasteiger partial charge in [-0.3, -0.25) is 4.79 Å². The van der Waals surface area contributed by atoms with Gasteiger partial charge in [-0.05, 0) is 19.3 Å². The maximum atomic E-state index is 11.3. The molecule has 0 spiro atoms. The number of carbonyl (C=O) groups is 1. The van der Waals surface area contributed by atoms with E-state index in [1.165, 1.54) is 0 Å². The second-order valence-electron chi connectivity index (χ2n) is 3.47. The average Bonchev–Trinajstić information content (AvgIpc) is 2.57. The highest BCUT2D eigenvalue weighted by atomic mass is 16.5. The third-order valence-electron chi connectivity index (χ3n) is 2.28. The lowest BCUT2D eigenvalue weighted by Gasteiger charge is -2.07. The molecular weight excluding hydrogens is 168 g/mol. The number of Topliss-reactive ketones (excluding diaryl/α,β-unsaturated/α-hetero) is 1. The van der Waals surface area contributed by atoms with Crippen LogP contribution in [0.25, 0.3) is 0 Å². The molecule has 1 aliphatic heterocycles. The van der Waals surface area contributed by atoms with Gasteiger partial charge in [0.05, 0.1) is 6.10 Å². The van der Waals surface area contributed by atoms with Crippen molar-refractivity contribution in [1.29, 1.82) is 0 Å².